The summed E-state index contributed by atoms with van der Waals surface area (Å²) in [5, 5.41) is 7.41. The molecule has 0 bridgehead atoms. The fraction of sp³-hybridized carbons (Fsp3) is 0.389. The monoisotopic (exact) mass is 436 g/mol. The summed E-state index contributed by atoms with van der Waals surface area (Å²) in [6.07, 6.45) is 1.20. The molecule has 27 heavy (non-hydrogen) atoms. The van der Waals surface area contributed by atoms with Gasteiger partial charge in [-0.05, 0) is 54.4 Å². The van der Waals surface area contributed by atoms with E-state index in [1.807, 2.05) is 32.9 Å². The van der Waals surface area contributed by atoms with E-state index in [2.05, 4.69) is 31.3 Å². The van der Waals surface area contributed by atoms with Gasteiger partial charge in [0.2, 0.25) is 5.95 Å². The summed E-state index contributed by atoms with van der Waals surface area (Å²) in [5.74, 6) is 1.24. The molecule has 0 spiro atoms. The fourth-order valence-electron chi connectivity index (χ4n) is 3.04. The predicted molar refractivity (Wildman–Crippen MR) is 103 cm³/mol. The lowest BCUT2D eigenvalue weighted by atomic mass is 9.95. The lowest BCUT2D eigenvalue weighted by Gasteiger charge is -2.29. The molecular formula is C18H21BrN4O4. The number of nitrogens with one attached hydrogen (secondary N) is 1. The van der Waals surface area contributed by atoms with Crippen molar-refractivity contribution in [1.82, 2.24) is 14.8 Å². The Kier molecular flexibility index (Phi) is 5.41. The highest BCUT2D eigenvalue weighted by molar-refractivity contribution is 9.10. The van der Waals surface area contributed by atoms with Gasteiger partial charge in [-0.25, -0.2) is 9.48 Å². The molecule has 9 heteroatoms. The van der Waals surface area contributed by atoms with Crippen LogP contribution in [-0.2, 0) is 9.53 Å². The van der Waals surface area contributed by atoms with Crippen LogP contribution in [0.4, 0.5) is 5.95 Å². The van der Waals surface area contributed by atoms with Crippen LogP contribution < -0.4 is 14.8 Å². The van der Waals surface area contributed by atoms with E-state index in [0.29, 0.717) is 33.2 Å². The number of halogens is 1. The Bertz CT molecular complexity index is 907. The van der Waals surface area contributed by atoms with E-state index in [1.54, 1.807) is 18.9 Å². The quantitative estimate of drug-likeness (QED) is 0.719. The molecular weight excluding hydrogens is 416 g/mol. The van der Waals surface area contributed by atoms with Crippen molar-refractivity contribution in [3.63, 3.8) is 0 Å². The van der Waals surface area contributed by atoms with Crippen molar-refractivity contribution in [2.45, 2.75) is 32.9 Å². The molecule has 1 N–H and O–H groups in total. The Labute approximate surface area is 165 Å². The molecule has 8 nitrogen and oxygen atoms in total. The Morgan fingerprint density at radius 3 is 2.67 bits per heavy atom. The highest BCUT2D eigenvalue weighted by Gasteiger charge is 2.35. The second-order valence-electron chi connectivity index (χ2n) is 6.29. The summed E-state index contributed by atoms with van der Waals surface area (Å²) in [4.78, 5) is 17.1. The van der Waals surface area contributed by atoms with Gasteiger partial charge >= 0.3 is 5.97 Å². The van der Waals surface area contributed by atoms with Crippen LogP contribution in [0.2, 0.25) is 0 Å². The fourth-order valence-corrected chi connectivity index (χ4v) is 3.66. The molecule has 0 saturated heterocycles. The molecule has 144 valence electrons. The van der Waals surface area contributed by atoms with Crippen molar-refractivity contribution in [3.05, 3.63) is 39.8 Å². The number of ether oxygens (including phenoxy) is 3. The molecule has 1 unspecified atom stereocenters. The smallest absolute Gasteiger partial charge is 0.338 e. The minimum atomic E-state index is -0.522. The summed E-state index contributed by atoms with van der Waals surface area (Å²) >= 11 is 3.51. The molecule has 0 amide bonds. The van der Waals surface area contributed by atoms with Gasteiger partial charge in [0, 0.05) is 5.70 Å². The maximum Gasteiger partial charge on any atom is 0.338 e. The van der Waals surface area contributed by atoms with Crippen molar-refractivity contribution in [2.24, 2.45) is 0 Å². The second-order valence-corrected chi connectivity index (χ2v) is 7.14. The first-order valence-corrected chi connectivity index (χ1v) is 9.16. The second kappa shape index (κ2) is 7.59. The van der Waals surface area contributed by atoms with Gasteiger partial charge in [0.1, 0.15) is 12.4 Å². The van der Waals surface area contributed by atoms with Crippen LogP contribution >= 0.6 is 15.9 Å². The van der Waals surface area contributed by atoms with E-state index in [0.717, 1.165) is 5.56 Å². The van der Waals surface area contributed by atoms with Gasteiger partial charge in [0.25, 0.3) is 0 Å². The molecule has 0 aliphatic carbocycles. The topological polar surface area (TPSA) is 87.5 Å². The van der Waals surface area contributed by atoms with Crippen molar-refractivity contribution in [1.29, 1.82) is 0 Å². The van der Waals surface area contributed by atoms with Crippen LogP contribution in [0.5, 0.6) is 11.5 Å². The normalized spacial score (nSPS) is 16.0. The zero-order chi connectivity index (χ0) is 19.7. The molecule has 3 rings (SSSR count). The minimum Gasteiger partial charge on any atom is -0.493 e. The van der Waals surface area contributed by atoms with Gasteiger partial charge in [0.05, 0.1) is 30.4 Å². The van der Waals surface area contributed by atoms with E-state index < -0.39 is 12.0 Å². The number of carbonyl (C=O) groups excluding carboxylic acids is 1. The van der Waals surface area contributed by atoms with E-state index >= 15 is 0 Å². The summed E-state index contributed by atoms with van der Waals surface area (Å²) < 4.78 is 18.7. The number of rotatable bonds is 5. The Hall–Kier alpha value is -2.55. The third-order valence-corrected chi connectivity index (χ3v) is 4.72. The van der Waals surface area contributed by atoms with Crippen LogP contribution in [0.3, 0.4) is 0 Å². The Morgan fingerprint density at radius 1 is 1.30 bits per heavy atom. The number of benzene rings is 1. The van der Waals surface area contributed by atoms with Gasteiger partial charge in [-0.2, -0.15) is 10.1 Å². The average molecular weight is 437 g/mol. The average Bonchev–Trinajstić information content (AvgIpc) is 3.06. The number of allylic oxidation sites excluding steroid dienone is 1. The van der Waals surface area contributed by atoms with Crippen molar-refractivity contribution < 1.29 is 19.0 Å². The maximum absolute atomic E-state index is 12.8. The number of hydrogen-bond donors (Lipinski definition) is 1. The first-order chi connectivity index (χ1) is 12.9. The summed E-state index contributed by atoms with van der Waals surface area (Å²) in [6.45, 7) is 5.44. The molecule has 2 aromatic rings. The lowest BCUT2D eigenvalue weighted by Crippen LogP contribution is -2.30. The summed E-state index contributed by atoms with van der Waals surface area (Å²) in [5.41, 5.74) is 1.90. The highest BCUT2D eigenvalue weighted by atomic mass is 79.9. The first-order valence-electron chi connectivity index (χ1n) is 8.37. The third-order valence-electron chi connectivity index (χ3n) is 4.13. The number of anilines is 1. The van der Waals surface area contributed by atoms with Crippen molar-refractivity contribution >= 4 is 27.8 Å². The number of nitrogens with zero attached hydrogens (tertiary/aromatic N) is 3. The van der Waals surface area contributed by atoms with Crippen molar-refractivity contribution in [3.8, 4) is 11.5 Å². The van der Waals surface area contributed by atoms with Crippen molar-refractivity contribution in [2.75, 3.05) is 19.5 Å². The van der Waals surface area contributed by atoms with E-state index in [1.165, 1.54) is 6.33 Å². The van der Waals surface area contributed by atoms with Crippen LogP contribution in [0.15, 0.2) is 34.2 Å². The Morgan fingerprint density at radius 2 is 2.04 bits per heavy atom. The Balaban J connectivity index is 2.18. The van der Waals surface area contributed by atoms with Crippen LogP contribution in [0, 0.1) is 0 Å². The molecule has 1 aromatic carbocycles. The van der Waals surface area contributed by atoms with Gasteiger partial charge in [-0.3, -0.25) is 0 Å². The van der Waals surface area contributed by atoms with Gasteiger partial charge in [0.15, 0.2) is 11.5 Å². The standard InChI is InChI=1S/C18H21BrN4O4/c1-9(2)27-17(24)14-10(3)22-18-20-8-21-23(18)15(14)11-6-12(19)16(26-5)13(7-11)25-4/h6-9,15H,1-5H3,(H,20,21,22). The van der Waals surface area contributed by atoms with Gasteiger partial charge in [-0.1, -0.05) is 0 Å². The molecule has 1 aliphatic heterocycles. The number of aromatic nitrogens is 3. The number of esters is 1. The van der Waals surface area contributed by atoms with E-state index in [-0.39, 0.29) is 6.10 Å². The summed E-state index contributed by atoms with van der Waals surface area (Å²) in [7, 11) is 3.13. The number of methoxy groups -OCH3 is 2. The zero-order valence-electron chi connectivity index (χ0n) is 15.7. The zero-order valence-corrected chi connectivity index (χ0v) is 17.3. The summed E-state index contributed by atoms with van der Waals surface area (Å²) in [6, 6.07) is 3.17. The third kappa shape index (κ3) is 3.51. The molecule has 1 aliphatic rings. The molecule has 0 radical (unpaired) electrons. The number of fused-ring (bicyclic) bond motifs is 1. The SMILES string of the molecule is COc1cc(C2C(C(=O)OC(C)C)=C(C)Nc3ncnn32)cc(Br)c1OC. The highest BCUT2D eigenvalue weighted by Crippen LogP contribution is 2.42. The van der Waals surface area contributed by atoms with Crippen LogP contribution in [0.25, 0.3) is 0 Å². The first kappa shape index (κ1) is 19.2. The predicted octanol–water partition coefficient (Wildman–Crippen LogP) is 3.30. The van der Waals surface area contributed by atoms with Gasteiger partial charge < -0.3 is 19.5 Å². The molecule has 0 fully saturated rings. The lowest BCUT2D eigenvalue weighted by molar-refractivity contribution is -0.143. The van der Waals surface area contributed by atoms with Crippen LogP contribution in [0.1, 0.15) is 32.4 Å². The van der Waals surface area contributed by atoms with E-state index in [9.17, 15) is 4.79 Å². The van der Waals surface area contributed by atoms with Crippen LogP contribution in [-0.4, -0.2) is 41.1 Å². The molecule has 1 atom stereocenters. The van der Waals surface area contributed by atoms with E-state index in [4.69, 9.17) is 14.2 Å². The molecule has 1 aromatic heterocycles. The number of hydrogen-bond acceptors (Lipinski definition) is 7. The molecule has 0 saturated carbocycles. The largest absolute Gasteiger partial charge is 0.493 e. The maximum atomic E-state index is 12.8. The number of carbonyl (C=O) groups is 1. The molecule has 2 heterocycles. The minimum absolute atomic E-state index is 0.243. The van der Waals surface area contributed by atoms with Gasteiger partial charge in [-0.15, -0.1) is 0 Å².